The monoisotopic (exact) mass is 324 g/mol. The smallest absolute Gasteiger partial charge is 0.301 e. The van der Waals surface area contributed by atoms with Crippen molar-refractivity contribution in [2.75, 3.05) is 13.2 Å². The summed E-state index contributed by atoms with van der Waals surface area (Å²) in [7, 11) is 0. The Hall–Kier alpha value is 0.170. The van der Waals surface area contributed by atoms with E-state index in [0.717, 1.165) is 24.2 Å². The highest BCUT2D eigenvalue weighted by molar-refractivity contribution is 8.56. The molecule has 4 nitrogen and oxygen atoms in total. The van der Waals surface area contributed by atoms with Gasteiger partial charge in [0.1, 0.15) is 0 Å². The van der Waals surface area contributed by atoms with E-state index in [2.05, 4.69) is 6.92 Å². The number of hydrogen-bond acceptors (Lipinski definition) is 5. The maximum Gasteiger partial charge on any atom is 0.390 e. The normalized spacial score (nSPS) is 15.3. The predicted molar refractivity (Wildman–Crippen MR) is 86.2 cm³/mol. The van der Waals surface area contributed by atoms with E-state index in [0.29, 0.717) is 19.6 Å². The SMILES string of the molecule is CCCCC(C)(SP(=O)(OCC)OCC)C(=O)C(C)C. The van der Waals surface area contributed by atoms with E-state index in [1.165, 1.54) is 0 Å². The average molecular weight is 324 g/mol. The molecule has 0 fully saturated rings. The Morgan fingerprint density at radius 1 is 1.20 bits per heavy atom. The quantitative estimate of drug-likeness (QED) is 0.496. The number of carbonyl (C=O) groups is 1. The van der Waals surface area contributed by atoms with Crippen molar-refractivity contribution in [2.24, 2.45) is 5.92 Å². The topological polar surface area (TPSA) is 52.6 Å². The molecule has 0 bridgehead atoms. The van der Waals surface area contributed by atoms with Gasteiger partial charge in [-0.05, 0) is 38.6 Å². The molecule has 1 unspecified atom stereocenters. The van der Waals surface area contributed by atoms with Gasteiger partial charge in [0, 0.05) is 5.92 Å². The van der Waals surface area contributed by atoms with Crippen LogP contribution in [0.15, 0.2) is 0 Å². The average Bonchev–Trinajstić information content (AvgIpc) is 2.35. The molecule has 0 heterocycles. The Kier molecular flexibility index (Phi) is 9.32. The summed E-state index contributed by atoms with van der Waals surface area (Å²) in [6, 6.07) is 0. The molecule has 0 rings (SSSR count). The van der Waals surface area contributed by atoms with Crippen molar-refractivity contribution in [3.63, 3.8) is 0 Å². The third-order valence-corrected chi connectivity index (χ3v) is 7.63. The molecule has 0 saturated carbocycles. The fraction of sp³-hybridized carbons (Fsp3) is 0.929. The molecule has 0 amide bonds. The van der Waals surface area contributed by atoms with Gasteiger partial charge < -0.3 is 9.05 Å². The highest BCUT2D eigenvalue weighted by Gasteiger charge is 2.43. The molecular weight excluding hydrogens is 295 g/mol. The third kappa shape index (κ3) is 6.30. The lowest BCUT2D eigenvalue weighted by molar-refractivity contribution is -0.124. The van der Waals surface area contributed by atoms with Crippen LogP contribution in [-0.2, 0) is 18.4 Å². The van der Waals surface area contributed by atoms with Gasteiger partial charge in [0.05, 0.1) is 18.0 Å². The summed E-state index contributed by atoms with van der Waals surface area (Å²) in [5.74, 6) is 0.0108. The molecule has 6 heteroatoms. The Bertz CT molecular complexity index is 336. The third-order valence-electron chi connectivity index (χ3n) is 2.94. The van der Waals surface area contributed by atoms with Gasteiger partial charge in [0.2, 0.25) is 0 Å². The van der Waals surface area contributed by atoms with Crippen molar-refractivity contribution in [2.45, 2.75) is 65.6 Å². The lowest BCUT2D eigenvalue weighted by atomic mass is 9.91. The lowest BCUT2D eigenvalue weighted by Gasteiger charge is -2.31. The number of carbonyl (C=O) groups excluding carboxylic acids is 1. The highest BCUT2D eigenvalue weighted by Crippen LogP contribution is 2.66. The van der Waals surface area contributed by atoms with Gasteiger partial charge in [-0.1, -0.05) is 33.6 Å². The summed E-state index contributed by atoms with van der Waals surface area (Å²) in [4.78, 5) is 12.5. The molecule has 0 radical (unpaired) electrons. The second-order valence-electron chi connectivity index (χ2n) is 5.23. The predicted octanol–water partition coefficient (Wildman–Crippen LogP) is 5.07. The fourth-order valence-electron chi connectivity index (χ4n) is 1.99. The zero-order valence-corrected chi connectivity index (χ0v) is 15.3. The molecule has 1 atom stereocenters. The van der Waals surface area contributed by atoms with Crippen molar-refractivity contribution >= 4 is 24.0 Å². The highest BCUT2D eigenvalue weighted by atomic mass is 32.7. The van der Waals surface area contributed by atoms with Crippen molar-refractivity contribution in [1.29, 1.82) is 0 Å². The van der Waals surface area contributed by atoms with Gasteiger partial charge in [-0.3, -0.25) is 4.79 Å². The molecule has 120 valence electrons. The Labute approximate surface area is 127 Å². The van der Waals surface area contributed by atoms with Crippen molar-refractivity contribution < 1.29 is 18.4 Å². The largest absolute Gasteiger partial charge is 0.390 e. The van der Waals surface area contributed by atoms with Crippen LogP contribution in [0.2, 0.25) is 0 Å². The molecule has 0 aliphatic carbocycles. The minimum atomic E-state index is -3.28. The first-order chi connectivity index (χ1) is 9.24. The van der Waals surface area contributed by atoms with Crippen LogP contribution >= 0.6 is 18.2 Å². The number of Topliss-reactive ketones (excluding diaryl/α,β-unsaturated/α-hetero) is 1. The van der Waals surface area contributed by atoms with Crippen molar-refractivity contribution in [3.05, 3.63) is 0 Å². The van der Waals surface area contributed by atoms with E-state index in [9.17, 15) is 9.36 Å². The van der Waals surface area contributed by atoms with Crippen LogP contribution < -0.4 is 0 Å². The van der Waals surface area contributed by atoms with E-state index in [1.807, 2.05) is 20.8 Å². The van der Waals surface area contributed by atoms with Gasteiger partial charge in [-0.25, -0.2) is 4.57 Å². The molecule has 0 aliphatic rings. The van der Waals surface area contributed by atoms with Crippen LogP contribution in [-0.4, -0.2) is 23.7 Å². The number of ketones is 1. The summed E-state index contributed by atoms with van der Waals surface area (Å²) >= 11 is 1.08. The summed E-state index contributed by atoms with van der Waals surface area (Å²) < 4.78 is 22.6. The Balaban J connectivity index is 5.21. The molecule has 0 spiro atoms. The van der Waals surface area contributed by atoms with Gasteiger partial charge in [-0.15, -0.1) is 0 Å². The van der Waals surface area contributed by atoms with Crippen LogP contribution in [0.3, 0.4) is 0 Å². The Morgan fingerprint density at radius 3 is 2.05 bits per heavy atom. The zero-order valence-electron chi connectivity index (χ0n) is 13.6. The second kappa shape index (κ2) is 9.24. The maximum absolute atomic E-state index is 12.7. The van der Waals surface area contributed by atoms with Gasteiger partial charge in [0.25, 0.3) is 0 Å². The van der Waals surface area contributed by atoms with Crippen LogP contribution in [0.25, 0.3) is 0 Å². The van der Waals surface area contributed by atoms with E-state index >= 15 is 0 Å². The lowest BCUT2D eigenvalue weighted by Crippen LogP contribution is -2.35. The molecule has 0 aromatic rings. The summed E-state index contributed by atoms with van der Waals surface area (Å²) in [5, 5.41) is 0. The second-order valence-corrected chi connectivity index (χ2v) is 9.61. The minimum absolute atomic E-state index is 0.0962. The molecule has 0 N–H and O–H groups in total. The van der Waals surface area contributed by atoms with Crippen molar-refractivity contribution in [1.82, 2.24) is 0 Å². The van der Waals surface area contributed by atoms with Crippen LogP contribution in [0.1, 0.15) is 60.8 Å². The molecule has 0 saturated heterocycles. The first kappa shape index (κ1) is 20.2. The molecular formula is C14H29O4PS. The zero-order chi connectivity index (χ0) is 15.8. The fourth-order valence-corrected chi connectivity index (χ4v) is 6.83. The van der Waals surface area contributed by atoms with E-state index in [4.69, 9.17) is 9.05 Å². The number of rotatable bonds is 11. The van der Waals surface area contributed by atoms with E-state index in [-0.39, 0.29) is 11.7 Å². The molecule has 0 aromatic carbocycles. The number of unbranched alkanes of at least 4 members (excludes halogenated alkanes) is 1. The van der Waals surface area contributed by atoms with E-state index in [1.54, 1.807) is 13.8 Å². The summed E-state index contributed by atoms with van der Waals surface area (Å²) in [5.41, 5.74) is 0. The first-order valence-corrected chi connectivity index (χ1v) is 10.3. The summed E-state index contributed by atoms with van der Waals surface area (Å²) in [6.45, 7) is 8.58. The van der Waals surface area contributed by atoms with Crippen molar-refractivity contribution in [3.8, 4) is 0 Å². The molecule has 20 heavy (non-hydrogen) atoms. The molecule has 0 aliphatic heterocycles. The standard InChI is InChI=1S/C14H29O4PS/c1-7-10-11-14(6,13(15)12(4)5)20-19(16,17-8-2)18-9-3/h12H,7-11H2,1-6H3. The number of hydrogen-bond donors (Lipinski definition) is 0. The summed E-state index contributed by atoms with van der Waals surface area (Å²) in [6.07, 6.45) is 2.60. The van der Waals surface area contributed by atoms with Crippen LogP contribution in [0, 0.1) is 5.92 Å². The minimum Gasteiger partial charge on any atom is -0.301 e. The van der Waals surface area contributed by atoms with Crippen LogP contribution in [0.4, 0.5) is 0 Å². The van der Waals surface area contributed by atoms with Gasteiger partial charge >= 0.3 is 6.80 Å². The first-order valence-electron chi connectivity index (χ1n) is 7.38. The van der Waals surface area contributed by atoms with Gasteiger partial charge in [0.15, 0.2) is 5.78 Å². The Morgan fingerprint density at radius 2 is 1.70 bits per heavy atom. The van der Waals surface area contributed by atoms with E-state index < -0.39 is 11.5 Å². The van der Waals surface area contributed by atoms with Gasteiger partial charge in [-0.2, -0.15) is 0 Å². The molecule has 0 aromatic heterocycles. The van der Waals surface area contributed by atoms with Crippen LogP contribution in [0.5, 0.6) is 0 Å². The maximum atomic E-state index is 12.7.